The van der Waals surface area contributed by atoms with E-state index in [2.05, 4.69) is 27.7 Å². The highest BCUT2D eigenvalue weighted by atomic mass is 16.5. The lowest BCUT2D eigenvalue weighted by Crippen LogP contribution is -2.44. The number of hydrogen-bond acceptors (Lipinski definition) is 2. The Morgan fingerprint density at radius 1 is 1.12 bits per heavy atom. The van der Waals surface area contributed by atoms with Crippen LogP contribution in [0.4, 0.5) is 0 Å². The van der Waals surface area contributed by atoms with Crippen molar-refractivity contribution >= 4 is 0 Å². The largest absolute Gasteiger partial charge is 0.370 e. The van der Waals surface area contributed by atoms with Gasteiger partial charge in [0.05, 0.1) is 11.7 Å². The van der Waals surface area contributed by atoms with E-state index < -0.39 is 0 Å². The predicted molar refractivity (Wildman–Crippen MR) is 69.4 cm³/mol. The SMILES string of the molecule is CCC(CC)(CN)OC1CCC(C)C(C)C1. The van der Waals surface area contributed by atoms with Gasteiger partial charge in [0.2, 0.25) is 0 Å². The molecule has 0 saturated heterocycles. The zero-order chi connectivity index (χ0) is 12.2. The van der Waals surface area contributed by atoms with Crippen molar-refractivity contribution < 1.29 is 4.74 Å². The molecule has 3 atom stereocenters. The number of ether oxygens (including phenoxy) is 1. The van der Waals surface area contributed by atoms with Gasteiger partial charge in [-0.1, -0.05) is 27.7 Å². The van der Waals surface area contributed by atoms with E-state index in [1.165, 1.54) is 19.3 Å². The van der Waals surface area contributed by atoms with Crippen LogP contribution in [0.2, 0.25) is 0 Å². The van der Waals surface area contributed by atoms with Crippen LogP contribution in [-0.4, -0.2) is 18.2 Å². The van der Waals surface area contributed by atoms with Crippen molar-refractivity contribution in [3.05, 3.63) is 0 Å². The summed E-state index contributed by atoms with van der Waals surface area (Å²) in [5.74, 6) is 1.65. The maximum absolute atomic E-state index is 6.32. The molecule has 0 heterocycles. The first-order valence-corrected chi connectivity index (χ1v) is 6.94. The lowest BCUT2D eigenvalue weighted by atomic mass is 9.80. The summed E-state index contributed by atoms with van der Waals surface area (Å²) < 4.78 is 6.32. The summed E-state index contributed by atoms with van der Waals surface area (Å²) in [6, 6.07) is 0. The van der Waals surface area contributed by atoms with Gasteiger partial charge in [-0.2, -0.15) is 0 Å². The van der Waals surface area contributed by atoms with E-state index in [9.17, 15) is 0 Å². The summed E-state index contributed by atoms with van der Waals surface area (Å²) >= 11 is 0. The van der Waals surface area contributed by atoms with Gasteiger partial charge in [0, 0.05) is 6.54 Å². The van der Waals surface area contributed by atoms with Crippen molar-refractivity contribution in [2.45, 2.75) is 71.5 Å². The first-order chi connectivity index (χ1) is 7.56. The van der Waals surface area contributed by atoms with E-state index in [1.807, 2.05) is 0 Å². The van der Waals surface area contributed by atoms with Crippen LogP contribution in [0.15, 0.2) is 0 Å². The molecule has 16 heavy (non-hydrogen) atoms. The minimum Gasteiger partial charge on any atom is -0.370 e. The molecule has 0 amide bonds. The van der Waals surface area contributed by atoms with Gasteiger partial charge in [0.1, 0.15) is 0 Å². The normalized spacial score (nSPS) is 31.7. The van der Waals surface area contributed by atoms with E-state index in [-0.39, 0.29) is 5.60 Å². The van der Waals surface area contributed by atoms with Crippen molar-refractivity contribution in [2.24, 2.45) is 17.6 Å². The minimum absolute atomic E-state index is 0.0645. The quantitative estimate of drug-likeness (QED) is 0.781. The fourth-order valence-electron chi connectivity index (χ4n) is 2.71. The van der Waals surface area contributed by atoms with Crippen LogP contribution in [-0.2, 0) is 4.74 Å². The molecule has 1 rings (SSSR count). The topological polar surface area (TPSA) is 35.2 Å². The van der Waals surface area contributed by atoms with Gasteiger partial charge in [-0.15, -0.1) is 0 Å². The van der Waals surface area contributed by atoms with Crippen LogP contribution in [0, 0.1) is 11.8 Å². The summed E-state index contributed by atoms with van der Waals surface area (Å²) in [6.07, 6.45) is 6.23. The van der Waals surface area contributed by atoms with E-state index in [1.54, 1.807) is 0 Å². The molecule has 1 fully saturated rings. The molecule has 0 aromatic rings. The van der Waals surface area contributed by atoms with Crippen LogP contribution < -0.4 is 5.73 Å². The van der Waals surface area contributed by atoms with Gasteiger partial charge in [-0.05, 0) is 43.9 Å². The molecule has 3 unspecified atom stereocenters. The molecule has 1 aliphatic rings. The van der Waals surface area contributed by atoms with Gasteiger partial charge < -0.3 is 10.5 Å². The van der Waals surface area contributed by atoms with Crippen LogP contribution in [0.5, 0.6) is 0 Å². The molecular weight excluding hydrogens is 198 g/mol. The van der Waals surface area contributed by atoms with Crippen molar-refractivity contribution in [3.63, 3.8) is 0 Å². The molecular formula is C14H29NO. The lowest BCUT2D eigenvalue weighted by Gasteiger charge is -2.39. The summed E-state index contributed by atoms with van der Waals surface area (Å²) in [7, 11) is 0. The number of rotatable bonds is 5. The van der Waals surface area contributed by atoms with Gasteiger partial charge in [-0.25, -0.2) is 0 Å². The van der Waals surface area contributed by atoms with Crippen molar-refractivity contribution in [3.8, 4) is 0 Å². The highest BCUT2D eigenvalue weighted by molar-refractivity contribution is 4.83. The van der Waals surface area contributed by atoms with Crippen molar-refractivity contribution in [1.29, 1.82) is 0 Å². The molecule has 0 aromatic carbocycles. The van der Waals surface area contributed by atoms with E-state index in [4.69, 9.17) is 10.5 Å². The molecule has 96 valence electrons. The summed E-state index contributed by atoms with van der Waals surface area (Å²) in [4.78, 5) is 0. The Morgan fingerprint density at radius 2 is 1.75 bits per heavy atom. The summed E-state index contributed by atoms with van der Waals surface area (Å²) in [5.41, 5.74) is 5.82. The molecule has 2 nitrogen and oxygen atoms in total. The third-order valence-electron chi connectivity index (χ3n) is 4.63. The fourth-order valence-corrected chi connectivity index (χ4v) is 2.71. The van der Waals surface area contributed by atoms with E-state index in [0.29, 0.717) is 12.6 Å². The van der Waals surface area contributed by atoms with E-state index in [0.717, 1.165) is 24.7 Å². The zero-order valence-corrected chi connectivity index (χ0v) is 11.5. The molecule has 0 aromatic heterocycles. The first-order valence-electron chi connectivity index (χ1n) is 6.94. The van der Waals surface area contributed by atoms with Gasteiger partial charge in [0.25, 0.3) is 0 Å². The molecule has 0 radical (unpaired) electrons. The van der Waals surface area contributed by atoms with Gasteiger partial charge >= 0.3 is 0 Å². The average molecular weight is 227 g/mol. The average Bonchev–Trinajstić information content (AvgIpc) is 2.31. The molecule has 2 heteroatoms. The Balaban J connectivity index is 2.53. The molecule has 0 aliphatic heterocycles. The second kappa shape index (κ2) is 6.02. The van der Waals surface area contributed by atoms with E-state index >= 15 is 0 Å². The third-order valence-corrected chi connectivity index (χ3v) is 4.63. The number of nitrogens with two attached hydrogens (primary N) is 1. The standard InChI is InChI=1S/C14H29NO/c1-5-14(6-2,10-15)16-13-8-7-11(3)12(4)9-13/h11-13H,5-10,15H2,1-4H3. The summed E-state index contributed by atoms with van der Waals surface area (Å²) in [5, 5.41) is 0. The van der Waals surface area contributed by atoms with Crippen LogP contribution in [0.3, 0.4) is 0 Å². The smallest absolute Gasteiger partial charge is 0.0802 e. The highest BCUT2D eigenvalue weighted by Gasteiger charge is 2.32. The maximum atomic E-state index is 6.32. The Bertz CT molecular complexity index is 193. The Hall–Kier alpha value is -0.0800. The third kappa shape index (κ3) is 3.21. The lowest BCUT2D eigenvalue weighted by molar-refractivity contribution is -0.114. The van der Waals surface area contributed by atoms with Crippen LogP contribution in [0.1, 0.15) is 59.8 Å². The molecule has 1 saturated carbocycles. The van der Waals surface area contributed by atoms with Crippen LogP contribution in [0.25, 0.3) is 0 Å². The highest BCUT2D eigenvalue weighted by Crippen LogP contribution is 2.34. The number of hydrogen-bond donors (Lipinski definition) is 1. The second-order valence-corrected chi connectivity index (χ2v) is 5.60. The second-order valence-electron chi connectivity index (χ2n) is 5.60. The molecule has 2 N–H and O–H groups in total. The Labute approximate surface area is 101 Å². The maximum Gasteiger partial charge on any atom is 0.0802 e. The molecule has 0 spiro atoms. The Morgan fingerprint density at radius 3 is 2.19 bits per heavy atom. The molecule has 1 aliphatic carbocycles. The van der Waals surface area contributed by atoms with Crippen molar-refractivity contribution in [2.75, 3.05) is 6.54 Å². The minimum atomic E-state index is -0.0645. The molecule has 0 bridgehead atoms. The van der Waals surface area contributed by atoms with Crippen molar-refractivity contribution in [1.82, 2.24) is 0 Å². The Kier molecular flexibility index (Phi) is 5.26. The van der Waals surface area contributed by atoms with Gasteiger partial charge in [0.15, 0.2) is 0 Å². The monoisotopic (exact) mass is 227 g/mol. The van der Waals surface area contributed by atoms with Gasteiger partial charge in [-0.3, -0.25) is 0 Å². The predicted octanol–water partition coefficient (Wildman–Crippen LogP) is 3.35. The fraction of sp³-hybridized carbons (Fsp3) is 1.00. The summed E-state index contributed by atoms with van der Waals surface area (Å²) in [6.45, 7) is 9.73. The first kappa shape index (κ1) is 14.0. The van der Waals surface area contributed by atoms with Crippen LogP contribution >= 0.6 is 0 Å². The zero-order valence-electron chi connectivity index (χ0n) is 11.5.